The first-order valence-corrected chi connectivity index (χ1v) is 6.22. The van der Waals surface area contributed by atoms with Crippen molar-refractivity contribution in [3.63, 3.8) is 0 Å². The van der Waals surface area contributed by atoms with E-state index in [1.54, 1.807) is 32.2 Å². The van der Waals surface area contributed by atoms with Crippen molar-refractivity contribution in [2.24, 2.45) is 0 Å². The van der Waals surface area contributed by atoms with E-state index in [1.807, 2.05) is 6.92 Å². The van der Waals surface area contributed by atoms with Gasteiger partial charge in [0.05, 0.1) is 16.3 Å². The number of aromatic nitrogens is 2. The highest BCUT2D eigenvalue weighted by Crippen LogP contribution is 2.32. The Balaban J connectivity index is 2.62. The molecule has 1 heterocycles. The zero-order valence-corrected chi connectivity index (χ0v) is 11.7. The lowest BCUT2D eigenvalue weighted by atomic mass is 10.1. The zero-order valence-electron chi connectivity index (χ0n) is 10.9. The van der Waals surface area contributed by atoms with Gasteiger partial charge in [0.25, 0.3) is 0 Å². The standard InChI is InChI=1S/C14H14ClFN2O/c1-9-7-18(14(2,3)8-19)17-13(9)12-10(15)5-4-6-11(12)16/h4-8H,1-3H3. The molecule has 2 aromatic rings. The first kappa shape index (κ1) is 13.7. The van der Waals surface area contributed by atoms with Gasteiger partial charge in [-0.1, -0.05) is 17.7 Å². The summed E-state index contributed by atoms with van der Waals surface area (Å²) in [6.45, 7) is 5.28. The number of hydrogen-bond acceptors (Lipinski definition) is 2. The van der Waals surface area contributed by atoms with E-state index in [1.165, 1.54) is 10.7 Å². The zero-order chi connectivity index (χ0) is 14.2. The maximum Gasteiger partial charge on any atom is 0.147 e. The molecule has 2 rings (SSSR count). The second-order valence-electron chi connectivity index (χ2n) is 4.97. The van der Waals surface area contributed by atoms with Crippen molar-refractivity contribution in [1.29, 1.82) is 0 Å². The third-order valence-corrected chi connectivity index (χ3v) is 3.29. The summed E-state index contributed by atoms with van der Waals surface area (Å²) in [7, 11) is 0. The number of halogens is 2. The molecule has 0 fully saturated rings. The van der Waals surface area contributed by atoms with Gasteiger partial charge in [-0.25, -0.2) is 4.39 Å². The molecule has 5 heteroatoms. The average molecular weight is 281 g/mol. The fourth-order valence-corrected chi connectivity index (χ4v) is 2.03. The number of aryl methyl sites for hydroxylation is 1. The molecule has 100 valence electrons. The maximum absolute atomic E-state index is 13.9. The van der Waals surface area contributed by atoms with E-state index in [4.69, 9.17) is 11.6 Å². The Labute approximate surface area is 116 Å². The minimum atomic E-state index is -0.777. The molecule has 1 aromatic carbocycles. The lowest BCUT2D eigenvalue weighted by Crippen LogP contribution is -2.28. The Morgan fingerprint density at radius 3 is 2.68 bits per heavy atom. The quantitative estimate of drug-likeness (QED) is 0.806. The maximum atomic E-state index is 13.9. The summed E-state index contributed by atoms with van der Waals surface area (Å²) in [5.41, 5.74) is 0.711. The first-order chi connectivity index (χ1) is 8.86. The third kappa shape index (κ3) is 2.40. The van der Waals surface area contributed by atoms with Gasteiger partial charge >= 0.3 is 0 Å². The molecule has 19 heavy (non-hydrogen) atoms. The molecule has 0 N–H and O–H groups in total. The van der Waals surface area contributed by atoms with Crippen LogP contribution in [0.1, 0.15) is 19.4 Å². The van der Waals surface area contributed by atoms with Crippen molar-refractivity contribution in [3.8, 4) is 11.3 Å². The molecule has 0 aliphatic heterocycles. The highest BCUT2D eigenvalue weighted by molar-refractivity contribution is 6.33. The van der Waals surface area contributed by atoms with Crippen LogP contribution in [-0.4, -0.2) is 16.1 Å². The van der Waals surface area contributed by atoms with Crippen LogP contribution in [0.25, 0.3) is 11.3 Å². The van der Waals surface area contributed by atoms with Crippen molar-refractivity contribution < 1.29 is 9.18 Å². The van der Waals surface area contributed by atoms with E-state index in [2.05, 4.69) is 5.10 Å². The van der Waals surface area contributed by atoms with Gasteiger partial charge in [0.15, 0.2) is 0 Å². The molecular weight excluding hydrogens is 267 g/mol. The second kappa shape index (κ2) is 4.78. The summed E-state index contributed by atoms with van der Waals surface area (Å²) >= 11 is 6.03. The fraction of sp³-hybridized carbons (Fsp3) is 0.286. The summed E-state index contributed by atoms with van der Waals surface area (Å²) in [4.78, 5) is 11.1. The molecule has 0 aliphatic rings. The molecule has 0 atom stereocenters. The number of carbonyl (C=O) groups is 1. The van der Waals surface area contributed by atoms with Crippen molar-refractivity contribution in [1.82, 2.24) is 9.78 Å². The minimum Gasteiger partial charge on any atom is -0.301 e. The van der Waals surface area contributed by atoms with Crippen LogP contribution in [0.4, 0.5) is 4.39 Å². The van der Waals surface area contributed by atoms with E-state index in [0.29, 0.717) is 10.7 Å². The third-order valence-electron chi connectivity index (χ3n) is 2.98. The SMILES string of the molecule is Cc1cn(C(C)(C)C=O)nc1-c1c(F)cccc1Cl. The van der Waals surface area contributed by atoms with Gasteiger partial charge in [-0.3, -0.25) is 4.68 Å². The number of hydrogen-bond donors (Lipinski definition) is 0. The summed E-state index contributed by atoms with van der Waals surface area (Å²) in [5.74, 6) is -0.426. The van der Waals surface area contributed by atoms with E-state index < -0.39 is 11.4 Å². The van der Waals surface area contributed by atoms with Gasteiger partial charge < -0.3 is 4.79 Å². The van der Waals surface area contributed by atoms with Crippen LogP contribution in [0, 0.1) is 12.7 Å². The topological polar surface area (TPSA) is 34.9 Å². The molecule has 1 aromatic heterocycles. The number of carbonyl (C=O) groups excluding carboxylic acids is 1. The minimum absolute atomic E-state index is 0.266. The molecule has 0 amide bonds. The predicted molar refractivity (Wildman–Crippen MR) is 72.8 cm³/mol. The van der Waals surface area contributed by atoms with Crippen LogP contribution >= 0.6 is 11.6 Å². The van der Waals surface area contributed by atoms with Crippen molar-refractivity contribution in [2.75, 3.05) is 0 Å². The molecule has 0 unspecified atom stereocenters. The Hall–Kier alpha value is -1.68. The number of nitrogens with zero attached hydrogens (tertiary/aromatic N) is 2. The van der Waals surface area contributed by atoms with Crippen LogP contribution in [0.2, 0.25) is 5.02 Å². The highest BCUT2D eigenvalue weighted by Gasteiger charge is 2.23. The number of rotatable bonds is 3. The number of aldehydes is 1. The molecule has 0 aliphatic carbocycles. The first-order valence-electron chi connectivity index (χ1n) is 5.84. The normalized spacial score (nSPS) is 11.6. The van der Waals surface area contributed by atoms with Gasteiger partial charge in [-0.15, -0.1) is 0 Å². The van der Waals surface area contributed by atoms with Gasteiger partial charge in [0, 0.05) is 6.20 Å². The number of benzene rings is 1. The van der Waals surface area contributed by atoms with Crippen LogP contribution in [0.15, 0.2) is 24.4 Å². The summed E-state index contributed by atoms with van der Waals surface area (Å²) < 4.78 is 15.4. The Bertz CT molecular complexity index is 614. The van der Waals surface area contributed by atoms with Gasteiger partial charge in [-0.2, -0.15) is 5.10 Å². The van der Waals surface area contributed by atoms with Crippen molar-refractivity contribution >= 4 is 17.9 Å². The van der Waals surface area contributed by atoms with E-state index >= 15 is 0 Å². The van der Waals surface area contributed by atoms with Gasteiger partial charge in [0.2, 0.25) is 0 Å². The van der Waals surface area contributed by atoms with E-state index in [-0.39, 0.29) is 5.56 Å². The lowest BCUT2D eigenvalue weighted by molar-refractivity contribution is -0.114. The fourth-order valence-electron chi connectivity index (χ4n) is 1.78. The smallest absolute Gasteiger partial charge is 0.147 e. The molecule has 3 nitrogen and oxygen atoms in total. The Kier molecular flexibility index (Phi) is 3.45. The van der Waals surface area contributed by atoms with Gasteiger partial charge in [0.1, 0.15) is 17.6 Å². The van der Waals surface area contributed by atoms with Crippen LogP contribution in [0.5, 0.6) is 0 Å². The predicted octanol–water partition coefficient (Wildman–Crippen LogP) is 3.59. The van der Waals surface area contributed by atoms with Crippen molar-refractivity contribution in [3.05, 3.63) is 40.8 Å². The second-order valence-corrected chi connectivity index (χ2v) is 5.38. The average Bonchev–Trinajstić information content (AvgIpc) is 2.72. The Morgan fingerprint density at radius 1 is 1.42 bits per heavy atom. The largest absolute Gasteiger partial charge is 0.301 e. The molecule has 0 saturated carbocycles. The molecule has 0 saturated heterocycles. The molecule has 0 radical (unpaired) electrons. The van der Waals surface area contributed by atoms with E-state index in [9.17, 15) is 9.18 Å². The monoisotopic (exact) mass is 280 g/mol. The summed E-state index contributed by atoms with van der Waals surface area (Å²) in [5, 5.41) is 4.61. The van der Waals surface area contributed by atoms with E-state index in [0.717, 1.165) is 11.8 Å². The summed E-state index contributed by atoms with van der Waals surface area (Å²) in [6, 6.07) is 4.50. The van der Waals surface area contributed by atoms with Crippen LogP contribution in [0.3, 0.4) is 0 Å². The molecule has 0 spiro atoms. The lowest BCUT2D eigenvalue weighted by Gasteiger charge is -2.17. The van der Waals surface area contributed by atoms with Gasteiger partial charge in [-0.05, 0) is 38.5 Å². The Morgan fingerprint density at radius 2 is 2.11 bits per heavy atom. The van der Waals surface area contributed by atoms with Crippen LogP contribution < -0.4 is 0 Å². The molecule has 0 bridgehead atoms. The highest BCUT2D eigenvalue weighted by atomic mass is 35.5. The van der Waals surface area contributed by atoms with Crippen LogP contribution in [-0.2, 0) is 10.3 Å². The van der Waals surface area contributed by atoms with Crippen molar-refractivity contribution in [2.45, 2.75) is 26.3 Å². The molecular formula is C14H14ClFN2O. The summed E-state index contributed by atoms with van der Waals surface area (Å²) in [6.07, 6.45) is 2.51.